The zero-order valence-corrected chi connectivity index (χ0v) is 11.5. The quantitative estimate of drug-likeness (QED) is 0.806. The smallest absolute Gasteiger partial charge is 0.247 e. The first kappa shape index (κ1) is 13.6. The van der Waals surface area contributed by atoms with Crippen molar-refractivity contribution < 1.29 is 4.79 Å². The molecule has 1 amide bonds. The number of anilines is 1. The van der Waals surface area contributed by atoms with Gasteiger partial charge in [0.25, 0.3) is 0 Å². The van der Waals surface area contributed by atoms with Crippen LogP contribution in [-0.2, 0) is 17.8 Å². The summed E-state index contributed by atoms with van der Waals surface area (Å²) in [6.07, 6.45) is 3.41. The van der Waals surface area contributed by atoms with E-state index in [9.17, 15) is 4.79 Å². The second-order valence-electron chi connectivity index (χ2n) is 4.14. The molecule has 0 saturated heterocycles. The van der Waals surface area contributed by atoms with Gasteiger partial charge in [-0.25, -0.2) is 9.67 Å². The molecule has 0 aliphatic rings. The standard InChI is InChI=1S/C11H16N6OS/c1-8-7-19-11(13-8)14-10(18)6-17-5-9(15-16-17)3-2-4-12/h5,7H,2-4,6,12H2,1H3,(H,13,14,18). The predicted molar refractivity (Wildman–Crippen MR) is 72.9 cm³/mol. The largest absolute Gasteiger partial charge is 0.330 e. The lowest BCUT2D eigenvalue weighted by atomic mass is 10.2. The fourth-order valence-corrected chi connectivity index (χ4v) is 2.24. The number of nitrogens with two attached hydrogens (primary N) is 1. The van der Waals surface area contributed by atoms with Gasteiger partial charge in [-0.05, 0) is 26.3 Å². The predicted octanol–water partition coefficient (Wildman–Crippen LogP) is 0.573. The van der Waals surface area contributed by atoms with E-state index in [2.05, 4.69) is 20.6 Å². The fraction of sp³-hybridized carbons (Fsp3) is 0.455. The Bertz CT molecular complexity index is 549. The van der Waals surface area contributed by atoms with E-state index in [0.717, 1.165) is 24.2 Å². The van der Waals surface area contributed by atoms with Crippen LogP contribution in [0.4, 0.5) is 5.13 Å². The number of nitrogens with zero attached hydrogens (tertiary/aromatic N) is 4. The zero-order valence-electron chi connectivity index (χ0n) is 10.7. The van der Waals surface area contributed by atoms with E-state index < -0.39 is 0 Å². The topological polar surface area (TPSA) is 98.7 Å². The Labute approximate surface area is 114 Å². The number of nitrogens with one attached hydrogen (secondary N) is 1. The van der Waals surface area contributed by atoms with E-state index in [-0.39, 0.29) is 12.5 Å². The second kappa shape index (κ2) is 6.39. The molecule has 0 saturated carbocycles. The summed E-state index contributed by atoms with van der Waals surface area (Å²) in [4.78, 5) is 15.9. The van der Waals surface area contributed by atoms with Crippen molar-refractivity contribution in [1.82, 2.24) is 20.0 Å². The minimum absolute atomic E-state index is 0.133. The molecule has 19 heavy (non-hydrogen) atoms. The molecule has 2 aromatic heterocycles. The van der Waals surface area contributed by atoms with Crippen LogP contribution in [0.2, 0.25) is 0 Å². The number of carbonyl (C=O) groups is 1. The van der Waals surface area contributed by atoms with Crippen molar-refractivity contribution in [3.8, 4) is 0 Å². The van der Waals surface area contributed by atoms with Crippen LogP contribution in [0.5, 0.6) is 0 Å². The van der Waals surface area contributed by atoms with Gasteiger partial charge in [-0.2, -0.15) is 0 Å². The van der Waals surface area contributed by atoms with Crippen LogP contribution >= 0.6 is 11.3 Å². The summed E-state index contributed by atoms with van der Waals surface area (Å²) < 4.78 is 1.52. The van der Waals surface area contributed by atoms with Crippen LogP contribution in [0, 0.1) is 6.92 Å². The summed E-state index contributed by atoms with van der Waals surface area (Å²) in [5, 5.41) is 13.1. The highest BCUT2D eigenvalue weighted by Crippen LogP contribution is 2.14. The Morgan fingerprint density at radius 3 is 3.11 bits per heavy atom. The van der Waals surface area contributed by atoms with Gasteiger partial charge in [0.05, 0.1) is 11.4 Å². The Morgan fingerprint density at radius 2 is 2.42 bits per heavy atom. The third-order valence-corrected chi connectivity index (χ3v) is 3.27. The molecule has 2 heterocycles. The van der Waals surface area contributed by atoms with Crippen molar-refractivity contribution in [1.29, 1.82) is 0 Å². The Morgan fingerprint density at radius 1 is 1.58 bits per heavy atom. The third kappa shape index (κ3) is 4.11. The van der Waals surface area contributed by atoms with Crippen LogP contribution in [0.25, 0.3) is 0 Å². The highest BCUT2D eigenvalue weighted by atomic mass is 32.1. The maximum Gasteiger partial charge on any atom is 0.247 e. The molecule has 7 nitrogen and oxygen atoms in total. The lowest BCUT2D eigenvalue weighted by Crippen LogP contribution is -2.19. The van der Waals surface area contributed by atoms with Gasteiger partial charge in [-0.1, -0.05) is 5.21 Å². The number of aromatic nitrogens is 4. The molecule has 0 unspecified atom stereocenters. The molecule has 0 aliphatic heterocycles. The van der Waals surface area contributed by atoms with Crippen LogP contribution in [0.1, 0.15) is 17.8 Å². The highest BCUT2D eigenvalue weighted by molar-refractivity contribution is 7.13. The van der Waals surface area contributed by atoms with Gasteiger partial charge in [-0.15, -0.1) is 16.4 Å². The summed E-state index contributed by atoms with van der Waals surface area (Å²) in [7, 11) is 0. The molecule has 0 atom stereocenters. The molecule has 3 N–H and O–H groups in total. The van der Waals surface area contributed by atoms with Gasteiger partial charge in [0, 0.05) is 11.6 Å². The van der Waals surface area contributed by atoms with Gasteiger partial charge in [0.2, 0.25) is 5.91 Å². The maximum atomic E-state index is 11.8. The molecule has 0 fully saturated rings. The number of hydrogen-bond acceptors (Lipinski definition) is 6. The summed E-state index contributed by atoms with van der Waals surface area (Å²) in [6, 6.07) is 0. The minimum Gasteiger partial charge on any atom is -0.330 e. The first-order valence-corrected chi connectivity index (χ1v) is 6.86. The fourth-order valence-electron chi connectivity index (χ4n) is 1.53. The summed E-state index contributed by atoms with van der Waals surface area (Å²) in [6.45, 7) is 2.64. The number of rotatable bonds is 6. The molecule has 102 valence electrons. The number of aryl methyl sites for hydroxylation is 2. The first-order chi connectivity index (χ1) is 9.17. The summed E-state index contributed by atoms with van der Waals surface area (Å²) >= 11 is 1.40. The van der Waals surface area contributed by atoms with Crippen molar-refractivity contribution in [2.24, 2.45) is 5.73 Å². The molecule has 0 bridgehead atoms. The molecule has 0 aliphatic carbocycles. The van der Waals surface area contributed by atoms with Crippen molar-refractivity contribution in [3.05, 3.63) is 23.0 Å². The first-order valence-electron chi connectivity index (χ1n) is 5.98. The van der Waals surface area contributed by atoms with E-state index in [1.165, 1.54) is 16.0 Å². The van der Waals surface area contributed by atoms with Gasteiger partial charge < -0.3 is 11.1 Å². The lowest BCUT2D eigenvalue weighted by Gasteiger charge is -2.00. The van der Waals surface area contributed by atoms with Gasteiger partial charge in [0.1, 0.15) is 6.54 Å². The van der Waals surface area contributed by atoms with Crippen LogP contribution in [0.15, 0.2) is 11.6 Å². The SMILES string of the molecule is Cc1csc(NC(=O)Cn2cc(CCCN)nn2)n1. The second-order valence-corrected chi connectivity index (χ2v) is 5.00. The molecule has 2 aromatic rings. The lowest BCUT2D eigenvalue weighted by molar-refractivity contribution is -0.116. The Hall–Kier alpha value is -1.80. The van der Waals surface area contributed by atoms with Crippen LogP contribution in [-0.4, -0.2) is 32.4 Å². The summed E-state index contributed by atoms with van der Waals surface area (Å²) in [5.41, 5.74) is 7.17. The van der Waals surface area contributed by atoms with E-state index in [4.69, 9.17) is 5.73 Å². The van der Waals surface area contributed by atoms with Crippen molar-refractivity contribution in [2.75, 3.05) is 11.9 Å². The van der Waals surface area contributed by atoms with Crippen LogP contribution in [0.3, 0.4) is 0 Å². The van der Waals surface area contributed by atoms with Crippen molar-refractivity contribution >= 4 is 22.4 Å². The average Bonchev–Trinajstić information content (AvgIpc) is 2.96. The molecule has 2 rings (SSSR count). The number of carbonyl (C=O) groups excluding carboxylic acids is 1. The minimum atomic E-state index is -0.162. The maximum absolute atomic E-state index is 11.8. The molecule has 8 heteroatoms. The number of amides is 1. The summed E-state index contributed by atoms with van der Waals surface area (Å²) in [5.74, 6) is -0.162. The molecular weight excluding hydrogens is 264 g/mol. The van der Waals surface area contributed by atoms with E-state index in [1.54, 1.807) is 6.20 Å². The highest BCUT2D eigenvalue weighted by Gasteiger charge is 2.08. The number of thiazole rings is 1. The number of hydrogen-bond donors (Lipinski definition) is 2. The molecular formula is C11H16N6OS. The Balaban J connectivity index is 1.86. The normalized spacial score (nSPS) is 10.6. The third-order valence-electron chi connectivity index (χ3n) is 2.39. The molecule has 0 radical (unpaired) electrons. The van der Waals surface area contributed by atoms with E-state index >= 15 is 0 Å². The monoisotopic (exact) mass is 280 g/mol. The van der Waals surface area contributed by atoms with Crippen LogP contribution < -0.4 is 11.1 Å². The van der Waals surface area contributed by atoms with Gasteiger partial charge in [0.15, 0.2) is 5.13 Å². The van der Waals surface area contributed by atoms with Gasteiger partial charge in [-0.3, -0.25) is 4.79 Å². The van der Waals surface area contributed by atoms with E-state index in [0.29, 0.717) is 11.7 Å². The Kier molecular flexibility index (Phi) is 4.58. The molecule has 0 spiro atoms. The van der Waals surface area contributed by atoms with Crippen molar-refractivity contribution in [3.63, 3.8) is 0 Å². The van der Waals surface area contributed by atoms with E-state index in [1.807, 2.05) is 12.3 Å². The van der Waals surface area contributed by atoms with Crippen molar-refractivity contribution in [2.45, 2.75) is 26.3 Å². The molecule has 0 aromatic carbocycles. The van der Waals surface area contributed by atoms with Gasteiger partial charge >= 0.3 is 0 Å². The average molecular weight is 280 g/mol. The zero-order chi connectivity index (χ0) is 13.7.